The Morgan fingerprint density at radius 2 is 1.90 bits per heavy atom. The number of nitrogens with zero attached hydrogens (tertiary/aromatic N) is 3. The SMILES string of the molecule is Cc1ccc(N2CCCC2)c(C(=O)Nc2cnn(CC(=O)NC3CCCC3)c2)c1. The molecule has 0 radical (unpaired) electrons. The summed E-state index contributed by atoms with van der Waals surface area (Å²) in [5.41, 5.74) is 3.31. The summed E-state index contributed by atoms with van der Waals surface area (Å²) in [4.78, 5) is 27.4. The van der Waals surface area contributed by atoms with Crippen LogP contribution >= 0.6 is 0 Å². The Labute approximate surface area is 171 Å². The molecule has 2 N–H and O–H groups in total. The molecule has 1 aliphatic carbocycles. The topological polar surface area (TPSA) is 79.3 Å². The zero-order valence-corrected chi connectivity index (χ0v) is 17.0. The van der Waals surface area contributed by atoms with Crippen LogP contribution in [0.3, 0.4) is 0 Å². The van der Waals surface area contributed by atoms with Crippen LogP contribution in [0.1, 0.15) is 54.4 Å². The van der Waals surface area contributed by atoms with Crippen molar-refractivity contribution in [1.29, 1.82) is 0 Å². The summed E-state index contributed by atoms with van der Waals surface area (Å²) in [6.07, 6.45) is 10.1. The van der Waals surface area contributed by atoms with Crippen LogP contribution in [-0.4, -0.2) is 40.7 Å². The molecular weight excluding hydrogens is 366 g/mol. The van der Waals surface area contributed by atoms with Gasteiger partial charge in [-0.25, -0.2) is 0 Å². The first-order valence-electron chi connectivity index (χ1n) is 10.6. The summed E-state index contributed by atoms with van der Waals surface area (Å²) in [6, 6.07) is 6.31. The van der Waals surface area contributed by atoms with Crippen LogP contribution in [0.2, 0.25) is 0 Å². The van der Waals surface area contributed by atoms with E-state index in [1.165, 1.54) is 12.8 Å². The molecule has 1 saturated heterocycles. The van der Waals surface area contributed by atoms with Crippen LogP contribution in [0.15, 0.2) is 30.6 Å². The van der Waals surface area contributed by atoms with Crippen molar-refractivity contribution in [3.8, 4) is 0 Å². The molecule has 0 unspecified atom stereocenters. The lowest BCUT2D eigenvalue weighted by Crippen LogP contribution is -2.35. The van der Waals surface area contributed by atoms with E-state index in [0.29, 0.717) is 17.3 Å². The van der Waals surface area contributed by atoms with E-state index in [-0.39, 0.29) is 18.4 Å². The van der Waals surface area contributed by atoms with Crippen molar-refractivity contribution in [2.24, 2.45) is 0 Å². The quantitative estimate of drug-likeness (QED) is 0.788. The Morgan fingerprint density at radius 3 is 2.66 bits per heavy atom. The highest BCUT2D eigenvalue weighted by molar-refractivity contribution is 6.08. The van der Waals surface area contributed by atoms with Crippen molar-refractivity contribution >= 4 is 23.2 Å². The number of nitrogens with one attached hydrogen (secondary N) is 2. The molecule has 29 heavy (non-hydrogen) atoms. The fourth-order valence-electron chi connectivity index (χ4n) is 4.27. The predicted octanol–water partition coefficient (Wildman–Crippen LogP) is 3.10. The smallest absolute Gasteiger partial charge is 0.257 e. The van der Waals surface area contributed by atoms with E-state index in [9.17, 15) is 9.59 Å². The summed E-state index contributed by atoms with van der Waals surface area (Å²) >= 11 is 0. The maximum Gasteiger partial charge on any atom is 0.257 e. The molecule has 1 aliphatic heterocycles. The number of hydrogen-bond acceptors (Lipinski definition) is 4. The minimum Gasteiger partial charge on any atom is -0.371 e. The Kier molecular flexibility index (Phi) is 5.83. The monoisotopic (exact) mass is 395 g/mol. The molecule has 1 aromatic carbocycles. The van der Waals surface area contributed by atoms with Crippen LogP contribution in [0, 0.1) is 6.92 Å². The Balaban J connectivity index is 1.40. The fraction of sp³-hybridized carbons (Fsp3) is 0.500. The number of carbonyl (C=O) groups excluding carboxylic acids is 2. The minimum atomic E-state index is -0.148. The summed E-state index contributed by atoms with van der Waals surface area (Å²) < 4.78 is 1.57. The average molecular weight is 396 g/mol. The van der Waals surface area contributed by atoms with Crippen molar-refractivity contribution < 1.29 is 9.59 Å². The molecule has 0 atom stereocenters. The molecule has 2 heterocycles. The van der Waals surface area contributed by atoms with E-state index in [2.05, 4.69) is 20.6 Å². The van der Waals surface area contributed by atoms with Gasteiger partial charge in [-0.3, -0.25) is 14.3 Å². The molecule has 0 bridgehead atoms. The van der Waals surface area contributed by atoms with Gasteiger partial charge in [0.2, 0.25) is 5.91 Å². The van der Waals surface area contributed by atoms with Gasteiger partial charge in [-0.15, -0.1) is 0 Å². The van der Waals surface area contributed by atoms with Gasteiger partial charge >= 0.3 is 0 Å². The maximum absolute atomic E-state index is 13.0. The lowest BCUT2D eigenvalue weighted by atomic mass is 10.1. The standard InChI is InChI=1S/C22H29N5O2/c1-16-8-9-20(26-10-4-5-11-26)19(12-16)22(29)25-18-13-23-27(14-18)15-21(28)24-17-6-2-3-7-17/h8-9,12-14,17H,2-7,10-11,15H2,1H3,(H,24,28)(H,25,29). The highest BCUT2D eigenvalue weighted by Gasteiger charge is 2.21. The summed E-state index contributed by atoms with van der Waals surface area (Å²) in [5, 5.41) is 10.2. The first-order valence-corrected chi connectivity index (χ1v) is 10.6. The van der Waals surface area contributed by atoms with Crippen LogP contribution in [0.25, 0.3) is 0 Å². The molecule has 2 amide bonds. The van der Waals surface area contributed by atoms with Crippen molar-refractivity contribution in [2.75, 3.05) is 23.3 Å². The van der Waals surface area contributed by atoms with Crippen molar-refractivity contribution in [1.82, 2.24) is 15.1 Å². The first-order chi connectivity index (χ1) is 14.1. The lowest BCUT2D eigenvalue weighted by Gasteiger charge is -2.21. The largest absolute Gasteiger partial charge is 0.371 e. The molecule has 2 aromatic rings. The maximum atomic E-state index is 13.0. The average Bonchev–Trinajstić information content (AvgIpc) is 3.45. The van der Waals surface area contributed by atoms with Gasteiger partial charge in [0.1, 0.15) is 6.54 Å². The van der Waals surface area contributed by atoms with E-state index in [0.717, 1.165) is 50.0 Å². The fourth-order valence-corrected chi connectivity index (χ4v) is 4.27. The van der Waals surface area contributed by atoms with Gasteiger partial charge in [0.25, 0.3) is 5.91 Å². The summed E-state index contributed by atoms with van der Waals surface area (Å²) in [6.45, 7) is 4.12. The number of benzene rings is 1. The number of anilines is 2. The van der Waals surface area contributed by atoms with Gasteiger partial charge in [-0.05, 0) is 44.7 Å². The van der Waals surface area contributed by atoms with E-state index < -0.39 is 0 Å². The molecule has 0 spiro atoms. The lowest BCUT2D eigenvalue weighted by molar-refractivity contribution is -0.122. The van der Waals surface area contributed by atoms with E-state index in [1.807, 2.05) is 25.1 Å². The molecule has 2 fully saturated rings. The highest BCUT2D eigenvalue weighted by atomic mass is 16.2. The number of amides is 2. The summed E-state index contributed by atoms with van der Waals surface area (Å²) in [7, 11) is 0. The molecule has 1 saturated carbocycles. The second-order valence-corrected chi connectivity index (χ2v) is 8.14. The first kappa shape index (κ1) is 19.5. The van der Waals surface area contributed by atoms with Crippen molar-refractivity contribution in [3.05, 3.63) is 41.7 Å². The van der Waals surface area contributed by atoms with Crippen molar-refractivity contribution in [3.63, 3.8) is 0 Å². The van der Waals surface area contributed by atoms with Gasteiger partial charge in [-0.1, -0.05) is 24.5 Å². The van der Waals surface area contributed by atoms with Gasteiger partial charge in [-0.2, -0.15) is 5.10 Å². The van der Waals surface area contributed by atoms with Crippen LogP contribution in [0.4, 0.5) is 11.4 Å². The summed E-state index contributed by atoms with van der Waals surface area (Å²) in [5.74, 6) is -0.182. The molecule has 1 aromatic heterocycles. The molecule has 154 valence electrons. The van der Waals surface area contributed by atoms with Gasteiger partial charge in [0.15, 0.2) is 0 Å². The van der Waals surface area contributed by atoms with Gasteiger partial charge < -0.3 is 15.5 Å². The van der Waals surface area contributed by atoms with Crippen LogP contribution in [-0.2, 0) is 11.3 Å². The Morgan fingerprint density at radius 1 is 1.14 bits per heavy atom. The minimum absolute atomic E-state index is 0.0344. The third kappa shape index (κ3) is 4.78. The predicted molar refractivity (Wildman–Crippen MR) is 113 cm³/mol. The second kappa shape index (κ2) is 8.68. The number of carbonyl (C=O) groups is 2. The molecule has 7 heteroatoms. The van der Waals surface area contributed by atoms with Gasteiger partial charge in [0.05, 0.1) is 17.4 Å². The third-order valence-electron chi connectivity index (χ3n) is 5.76. The third-order valence-corrected chi connectivity index (χ3v) is 5.76. The second-order valence-electron chi connectivity index (χ2n) is 8.14. The van der Waals surface area contributed by atoms with Crippen molar-refractivity contribution in [2.45, 2.75) is 58.0 Å². The number of rotatable bonds is 6. The number of aryl methyl sites for hydroxylation is 1. The Bertz CT molecular complexity index is 879. The zero-order chi connectivity index (χ0) is 20.2. The molecular formula is C22H29N5O2. The Hall–Kier alpha value is -2.83. The normalized spacial score (nSPS) is 16.9. The number of hydrogen-bond donors (Lipinski definition) is 2. The molecule has 2 aliphatic rings. The van der Waals surface area contributed by atoms with Gasteiger partial charge in [0, 0.05) is 31.0 Å². The van der Waals surface area contributed by atoms with E-state index in [4.69, 9.17) is 0 Å². The van der Waals surface area contributed by atoms with Crippen LogP contribution < -0.4 is 15.5 Å². The molecule has 7 nitrogen and oxygen atoms in total. The molecule has 4 rings (SSSR count). The van der Waals surface area contributed by atoms with E-state index >= 15 is 0 Å². The van der Waals surface area contributed by atoms with Crippen LogP contribution in [0.5, 0.6) is 0 Å². The zero-order valence-electron chi connectivity index (χ0n) is 17.0. The highest BCUT2D eigenvalue weighted by Crippen LogP contribution is 2.26. The van der Waals surface area contributed by atoms with E-state index in [1.54, 1.807) is 17.1 Å². The number of aromatic nitrogens is 2.